The van der Waals surface area contributed by atoms with Gasteiger partial charge in [-0.2, -0.15) is 4.39 Å². The number of anilines is 1. The molecular formula is C13H19FN2. The van der Waals surface area contributed by atoms with Gasteiger partial charge in [0.2, 0.25) is 5.95 Å². The average Bonchev–Trinajstić information content (AvgIpc) is 2.33. The monoisotopic (exact) mass is 222 g/mol. The Kier molecular flexibility index (Phi) is 3.75. The molecule has 1 aromatic rings. The zero-order valence-corrected chi connectivity index (χ0v) is 9.75. The van der Waals surface area contributed by atoms with Crippen LogP contribution in [0.5, 0.6) is 0 Å². The Labute approximate surface area is 96.3 Å². The van der Waals surface area contributed by atoms with Crippen molar-refractivity contribution < 1.29 is 4.39 Å². The summed E-state index contributed by atoms with van der Waals surface area (Å²) in [5, 5.41) is 3.48. The van der Waals surface area contributed by atoms with E-state index in [1.807, 2.05) is 0 Å². The van der Waals surface area contributed by atoms with Crippen LogP contribution >= 0.6 is 0 Å². The Morgan fingerprint density at radius 1 is 1.38 bits per heavy atom. The van der Waals surface area contributed by atoms with Gasteiger partial charge in [0, 0.05) is 6.04 Å². The first-order chi connectivity index (χ1) is 7.79. The van der Waals surface area contributed by atoms with Crippen molar-refractivity contribution in [1.82, 2.24) is 4.98 Å². The highest BCUT2D eigenvalue weighted by Gasteiger charge is 2.23. The van der Waals surface area contributed by atoms with Gasteiger partial charge in [-0.05, 0) is 30.9 Å². The maximum absolute atomic E-state index is 12.7. The molecule has 3 heteroatoms. The van der Waals surface area contributed by atoms with Crippen LogP contribution in [0.1, 0.15) is 39.0 Å². The average molecular weight is 222 g/mol. The van der Waals surface area contributed by atoms with Gasteiger partial charge in [-0.15, -0.1) is 0 Å². The van der Waals surface area contributed by atoms with Gasteiger partial charge in [-0.25, -0.2) is 4.98 Å². The normalized spacial score (nSPS) is 25.4. The van der Waals surface area contributed by atoms with Crippen molar-refractivity contribution in [2.24, 2.45) is 5.92 Å². The van der Waals surface area contributed by atoms with Crippen molar-refractivity contribution in [3.63, 3.8) is 0 Å². The number of nitrogens with zero attached hydrogens (tertiary/aromatic N) is 1. The third-order valence-electron chi connectivity index (χ3n) is 3.51. The lowest BCUT2D eigenvalue weighted by Gasteiger charge is -2.32. The molecule has 2 atom stereocenters. The van der Waals surface area contributed by atoms with Crippen molar-refractivity contribution in [3.8, 4) is 0 Å². The van der Waals surface area contributed by atoms with Gasteiger partial charge >= 0.3 is 0 Å². The molecule has 1 aliphatic rings. The second kappa shape index (κ2) is 5.28. The van der Waals surface area contributed by atoms with E-state index in [0.717, 1.165) is 11.6 Å². The third-order valence-corrected chi connectivity index (χ3v) is 3.51. The molecule has 1 heterocycles. The number of aromatic nitrogens is 1. The summed E-state index contributed by atoms with van der Waals surface area (Å²) in [6.45, 7) is 2.24. The third kappa shape index (κ3) is 2.71. The first kappa shape index (κ1) is 11.4. The van der Waals surface area contributed by atoms with Gasteiger partial charge in [-0.3, -0.25) is 0 Å². The Bertz CT molecular complexity index is 323. The summed E-state index contributed by atoms with van der Waals surface area (Å²) in [6, 6.07) is 3.71. The Morgan fingerprint density at radius 3 is 2.88 bits per heavy atom. The number of rotatable bonds is 3. The van der Waals surface area contributed by atoms with E-state index < -0.39 is 5.95 Å². The summed E-state index contributed by atoms with van der Waals surface area (Å²) < 4.78 is 12.7. The van der Waals surface area contributed by atoms with Crippen molar-refractivity contribution in [2.45, 2.75) is 45.1 Å². The molecule has 0 spiro atoms. The molecule has 0 saturated heterocycles. The minimum absolute atomic E-state index is 0.416. The molecule has 2 rings (SSSR count). The number of hydrogen-bond acceptors (Lipinski definition) is 2. The van der Waals surface area contributed by atoms with Gasteiger partial charge < -0.3 is 5.32 Å². The highest BCUT2D eigenvalue weighted by atomic mass is 19.1. The standard InChI is InChI=1S/C13H19FN2/c1-2-10-5-3-4-6-12(10)16-11-7-8-13(14)15-9-11/h7-10,12,16H,2-6H2,1H3. The fourth-order valence-corrected chi connectivity index (χ4v) is 2.56. The Hall–Kier alpha value is -1.12. The summed E-state index contributed by atoms with van der Waals surface area (Å²) in [5.41, 5.74) is 0.937. The summed E-state index contributed by atoms with van der Waals surface area (Å²) in [6.07, 6.45) is 7.96. The lowest BCUT2D eigenvalue weighted by Crippen LogP contribution is -2.31. The minimum atomic E-state index is -0.416. The molecule has 0 bridgehead atoms. The molecule has 0 aliphatic heterocycles. The number of halogens is 1. The topological polar surface area (TPSA) is 24.9 Å². The van der Waals surface area contributed by atoms with E-state index in [9.17, 15) is 4.39 Å². The van der Waals surface area contributed by atoms with Gasteiger partial charge in [0.15, 0.2) is 0 Å². The maximum Gasteiger partial charge on any atom is 0.212 e. The van der Waals surface area contributed by atoms with Crippen LogP contribution in [0.2, 0.25) is 0 Å². The predicted octanol–water partition coefficient (Wildman–Crippen LogP) is 3.60. The van der Waals surface area contributed by atoms with Gasteiger partial charge in [0.1, 0.15) is 0 Å². The fraction of sp³-hybridized carbons (Fsp3) is 0.615. The molecule has 0 radical (unpaired) electrons. The molecule has 2 unspecified atom stereocenters. The smallest absolute Gasteiger partial charge is 0.212 e. The quantitative estimate of drug-likeness (QED) is 0.790. The second-order valence-corrected chi connectivity index (χ2v) is 4.57. The van der Waals surface area contributed by atoms with Crippen molar-refractivity contribution in [3.05, 3.63) is 24.3 Å². The fourth-order valence-electron chi connectivity index (χ4n) is 2.56. The first-order valence-corrected chi connectivity index (χ1v) is 6.17. The SMILES string of the molecule is CCC1CCCCC1Nc1ccc(F)nc1. The van der Waals surface area contributed by atoms with Crippen molar-refractivity contribution >= 4 is 5.69 Å². The molecule has 16 heavy (non-hydrogen) atoms. The van der Waals surface area contributed by atoms with E-state index >= 15 is 0 Å². The van der Waals surface area contributed by atoms with E-state index in [-0.39, 0.29) is 0 Å². The van der Waals surface area contributed by atoms with Crippen LogP contribution in [-0.4, -0.2) is 11.0 Å². The molecule has 1 N–H and O–H groups in total. The van der Waals surface area contributed by atoms with Crippen LogP contribution in [0.3, 0.4) is 0 Å². The first-order valence-electron chi connectivity index (χ1n) is 6.17. The van der Waals surface area contributed by atoms with E-state index in [2.05, 4.69) is 17.2 Å². The molecule has 1 aliphatic carbocycles. The van der Waals surface area contributed by atoms with Crippen LogP contribution < -0.4 is 5.32 Å². The van der Waals surface area contributed by atoms with Crippen LogP contribution in [0.15, 0.2) is 18.3 Å². The largest absolute Gasteiger partial charge is 0.381 e. The summed E-state index contributed by atoms with van der Waals surface area (Å²) in [4.78, 5) is 3.67. The number of nitrogens with one attached hydrogen (secondary N) is 1. The highest BCUT2D eigenvalue weighted by Crippen LogP contribution is 2.29. The van der Waals surface area contributed by atoms with E-state index in [1.54, 1.807) is 12.3 Å². The number of pyridine rings is 1. The van der Waals surface area contributed by atoms with Crippen LogP contribution in [0, 0.1) is 11.9 Å². The van der Waals surface area contributed by atoms with Crippen LogP contribution in [0.4, 0.5) is 10.1 Å². The highest BCUT2D eigenvalue weighted by molar-refractivity contribution is 5.41. The maximum atomic E-state index is 12.7. The molecule has 0 aromatic carbocycles. The summed E-state index contributed by atoms with van der Waals surface area (Å²) in [7, 11) is 0. The zero-order valence-electron chi connectivity index (χ0n) is 9.75. The lowest BCUT2D eigenvalue weighted by atomic mass is 9.83. The second-order valence-electron chi connectivity index (χ2n) is 4.57. The zero-order chi connectivity index (χ0) is 11.4. The van der Waals surface area contributed by atoms with Crippen LogP contribution in [-0.2, 0) is 0 Å². The van der Waals surface area contributed by atoms with Crippen molar-refractivity contribution in [1.29, 1.82) is 0 Å². The molecule has 1 aromatic heterocycles. The lowest BCUT2D eigenvalue weighted by molar-refractivity contribution is 0.317. The molecular weight excluding hydrogens is 203 g/mol. The molecule has 0 amide bonds. The minimum Gasteiger partial charge on any atom is -0.381 e. The van der Waals surface area contributed by atoms with E-state index in [0.29, 0.717) is 6.04 Å². The van der Waals surface area contributed by atoms with Crippen LogP contribution in [0.25, 0.3) is 0 Å². The van der Waals surface area contributed by atoms with Crippen molar-refractivity contribution in [2.75, 3.05) is 5.32 Å². The number of hydrogen-bond donors (Lipinski definition) is 1. The van der Waals surface area contributed by atoms with Gasteiger partial charge in [0.05, 0.1) is 11.9 Å². The van der Waals surface area contributed by atoms with E-state index in [4.69, 9.17) is 0 Å². The summed E-state index contributed by atoms with van der Waals surface area (Å²) >= 11 is 0. The Balaban J connectivity index is 1.99. The predicted molar refractivity (Wildman–Crippen MR) is 63.9 cm³/mol. The van der Waals surface area contributed by atoms with Gasteiger partial charge in [-0.1, -0.05) is 26.2 Å². The molecule has 2 nitrogen and oxygen atoms in total. The Morgan fingerprint density at radius 2 is 2.19 bits per heavy atom. The van der Waals surface area contributed by atoms with E-state index in [1.165, 1.54) is 38.2 Å². The van der Waals surface area contributed by atoms with Gasteiger partial charge in [0.25, 0.3) is 0 Å². The molecule has 1 fully saturated rings. The molecule has 88 valence electrons. The molecule has 1 saturated carbocycles. The summed E-state index contributed by atoms with van der Waals surface area (Å²) in [5.74, 6) is 0.333.